The van der Waals surface area contributed by atoms with Crippen LogP contribution in [0.1, 0.15) is 5.56 Å². The predicted molar refractivity (Wildman–Crippen MR) is 80.0 cm³/mol. The van der Waals surface area contributed by atoms with Crippen LogP contribution in [0.4, 0.5) is 38.1 Å². The average Bonchev–Trinajstić information content (AvgIpc) is 2.51. The van der Waals surface area contributed by atoms with Crippen molar-refractivity contribution in [3.63, 3.8) is 0 Å². The molecule has 2 N–H and O–H groups in total. The molecule has 0 atom stereocenters. The van der Waals surface area contributed by atoms with Gasteiger partial charge in [-0.2, -0.15) is 13.2 Å². The van der Waals surface area contributed by atoms with Crippen LogP contribution < -0.4 is 9.62 Å². The third kappa shape index (κ3) is 3.88. The molecule has 128 valence electrons. The van der Waals surface area contributed by atoms with Gasteiger partial charge < -0.3 is 10.4 Å². The largest absolute Gasteiger partial charge is 0.503 e. The van der Waals surface area contributed by atoms with Gasteiger partial charge in [0.15, 0.2) is 17.4 Å². The molecule has 2 aromatic carbocycles. The molecule has 24 heavy (non-hydrogen) atoms. The normalized spacial score (nSPS) is 11.2. The van der Waals surface area contributed by atoms with E-state index in [1.165, 1.54) is 0 Å². The number of hydrogen-bond donors (Lipinski definition) is 3. The number of halogens is 5. The molecule has 0 bridgehead atoms. The summed E-state index contributed by atoms with van der Waals surface area (Å²) in [5, 5.41) is 11.2. The lowest BCUT2D eigenvalue weighted by Crippen LogP contribution is -2.27. The number of carbonyl (C=O) groups is 1. The van der Waals surface area contributed by atoms with Gasteiger partial charge in [-0.15, -0.1) is 0 Å². The van der Waals surface area contributed by atoms with Gasteiger partial charge in [0.25, 0.3) is 0 Å². The van der Waals surface area contributed by atoms with E-state index in [1.807, 2.05) is 0 Å². The van der Waals surface area contributed by atoms with Crippen molar-refractivity contribution in [2.75, 3.05) is 9.62 Å². The number of alkyl halides is 3. The first-order valence-electron chi connectivity index (χ1n) is 6.25. The van der Waals surface area contributed by atoms with Crippen LogP contribution in [0.25, 0.3) is 0 Å². The van der Waals surface area contributed by atoms with E-state index < -0.39 is 35.2 Å². The molecule has 2 rings (SSSR count). The van der Waals surface area contributed by atoms with E-state index in [0.717, 1.165) is 24.3 Å². The van der Waals surface area contributed by atoms with Crippen molar-refractivity contribution < 1.29 is 31.9 Å². The maximum Gasteiger partial charge on any atom is 0.416 e. The zero-order chi connectivity index (χ0) is 18.1. The van der Waals surface area contributed by atoms with Crippen LogP contribution in [0.2, 0.25) is 0 Å². The van der Waals surface area contributed by atoms with Crippen LogP contribution in [0.3, 0.4) is 0 Å². The third-order valence-electron chi connectivity index (χ3n) is 2.90. The van der Waals surface area contributed by atoms with Gasteiger partial charge in [-0.25, -0.2) is 17.9 Å². The number of hydrogen-bond acceptors (Lipinski definition) is 3. The van der Waals surface area contributed by atoms with E-state index in [-0.39, 0.29) is 11.4 Å². The van der Waals surface area contributed by atoms with E-state index in [4.69, 9.17) is 5.11 Å². The van der Waals surface area contributed by atoms with Gasteiger partial charge in [0.2, 0.25) is 0 Å². The maximum absolute atomic E-state index is 13.3. The summed E-state index contributed by atoms with van der Waals surface area (Å²) in [5.74, 6) is -3.80. The number of phenols is 1. The zero-order valence-electron chi connectivity index (χ0n) is 11.6. The van der Waals surface area contributed by atoms with Crippen molar-refractivity contribution in [1.82, 2.24) is 0 Å². The van der Waals surface area contributed by atoms with Gasteiger partial charge in [0.05, 0.1) is 11.3 Å². The number of rotatable bonds is 2. The fraction of sp³-hybridized carbons (Fsp3) is 0.0714. The quantitative estimate of drug-likeness (QED) is 0.540. The van der Waals surface area contributed by atoms with E-state index in [0.29, 0.717) is 16.4 Å². The Labute approximate surface area is 138 Å². The lowest BCUT2D eigenvalue weighted by Gasteiger charge is -2.17. The number of phenolic OH excluding ortho intramolecular Hbond substituents is 1. The summed E-state index contributed by atoms with van der Waals surface area (Å²) < 4.78 is 64.4. The number of carbonyl (C=O) groups excluding carboxylic acids is 1. The van der Waals surface area contributed by atoms with Crippen LogP contribution in [0.15, 0.2) is 36.4 Å². The van der Waals surface area contributed by atoms with Crippen molar-refractivity contribution in [2.24, 2.45) is 0 Å². The van der Waals surface area contributed by atoms with Crippen LogP contribution in [-0.4, -0.2) is 11.1 Å². The molecule has 10 heteroatoms. The Balaban J connectivity index is 2.14. The summed E-state index contributed by atoms with van der Waals surface area (Å²) in [7, 11) is 0. The molecule has 0 aromatic heterocycles. The highest BCUT2D eigenvalue weighted by Crippen LogP contribution is 2.30. The summed E-state index contributed by atoms with van der Waals surface area (Å²) in [6.45, 7) is 0. The Kier molecular flexibility index (Phi) is 4.88. The minimum atomic E-state index is -4.51. The number of nitrogens with zero attached hydrogens (tertiary/aromatic N) is 1. The van der Waals surface area contributed by atoms with Crippen LogP contribution in [0.5, 0.6) is 5.75 Å². The Morgan fingerprint density at radius 3 is 2.04 bits per heavy atom. The average molecular weight is 364 g/mol. The van der Waals surface area contributed by atoms with Crippen LogP contribution >= 0.6 is 12.8 Å². The fourth-order valence-corrected chi connectivity index (χ4v) is 1.88. The molecule has 0 spiro atoms. The Morgan fingerprint density at radius 2 is 1.58 bits per heavy atom. The molecule has 0 aliphatic carbocycles. The number of aromatic hydroxyl groups is 1. The van der Waals surface area contributed by atoms with Crippen molar-refractivity contribution >= 4 is 30.2 Å². The van der Waals surface area contributed by atoms with Gasteiger partial charge >= 0.3 is 12.2 Å². The monoisotopic (exact) mass is 364 g/mol. The first-order valence-corrected chi connectivity index (χ1v) is 6.65. The predicted octanol–water partition coefficient (Wildman–Crippen LogP) is 4.57. The minimum Gasteiger partial charge on any atom is -0.503 e. The summed E-state index contributed by atoms with van der Waals surface area (Å²) in [5.41, 5.74) is -1.20. The highest BCUT2D eigenvalue weighted by atomic mass is 32.1. The maximum atomic E-state index is 13.3. The van der Waals surface area contributed by atoms with Crippen LogP contribution in [0, 0.1) is 11.6 Å². The van der Waals surface area contributed by atoms with E-state index in [1.54, 1.807) is 0 Å². The number of urea groups is 1. The van der Waals surface area contributed by atoms with Crippen molar-refractivity contribution in [1.29, 1.82) is 0 Å². The first-order chi connectivity index (χ1) is 11.1. The molecular formula is C14H9F5N2O2S. The highest BCUT2D eigenvalue weighted by Gasteiger charge is 2.30. The second-order valence-corrected chi connectivity index (χ2v) is 4.98. The summed E-state index contributed by atoms with van der Waals surface area (Å²) in [6, 6.07) is 3.91. The summed E-state index contributed by atoms with van der Waals surface area (Å²) in [6.07, 6.45) is -4.51. The van der Waals surface area contributed by atoms with Crippen LogP contribution in [-0.2, 0) is 6.18 Å². The van der Waals surface area contributed by atoms with Gasteiger partial charge in [-0.1, -0.05) is 12.8 Å². The Bertz CT molecular complexity index is 742. The molecule has 0 fully saturated rings. The smallest absolute Gasteiger partial charge is 0.416 e. The van der Waals surface area contributed by atoms with Gasteiger partial charge in [0, 0.05) is 17.8 Å². The number of benzene rings is 2. The molecule has 2 amide bonds. The molecule has 0 saturated heterocycles. The molecule has 0 heterocycles. The lowest BCUT2D eigenvalue weighted by atomic mass is 10.2. The molecular weight excluding hydrogens is 355 g/mol. The SMILES string of the molecule is O=C(Nc1ccc(C(F)(F)F)cc1)N(S)c1cc(F)c(O)c(F)c1. The first kappa shape index (κ1) is 17.9. The second-order valence-electron chi connectivity index (χ2n) is 4.58. The molecule has 0 unspecified atom stereocenters. The fourth-order valence-electron chi connectivity index (χ4n) is 1.71. The van der Waals surface area contributed by atoms with E-state index >= 15 is 0 Å². The van der Waals surface area contributed by atoms with E-state index in [9.17, 15) is 26.7 Å². The third-order valence-corrected chi connectivity index (χ3v) is 3.31. The molecule has 2 aromatic rings. The number of nitrogens with one attached hydrogen (secondary N) is 1. The number of amides is 2. The van der Waals surface area contributed by atoms with E-state index in [2.05, 4.69) is 18.1 Å². The topological polar surface area (TPSA) is 52.6 Å². The molecule has 4 nitrogen and oxygen atoms in total. The summed E-state index contributed by atoms with van der Waals surface area (Å²) in [4.78, 5) is 11.9. The molecule has 0 aliphatic rings. The Hall–Kier alpha value is -2.49. The van der Waals surface area contributed by atoms with Crippen molar-refractivity contribution in [2.45, 2.75) is 6.18 Å². The second kappa shape index (κ2) is 6.56. The minimum absolute atomic E-state index is 0.0202. The number of thiol groups is 1. The van der Waals surface area contributed by atoms with Crippen molar-refractivity contribution in [3.8, 4) is 5.75 Å². The highest BCUT2D eigenvalue weighted by molar-refractivity contribution is 7.82. The summed E-state index contributed by atoms with van der Waals surface area (Å²) >= 11 is 3.77. The molecule has 0 radical (unpaired) electrons. The zero-order valence-corrected chi connectivity index (χ0v) is 12.5. The molecule has 0 saturated carbocycles. The van der Waals surface area contributed by atoms with Gasteiger partial charge in [-0.3, -0.25) is 0 Å². The van der Waals surface area contributed by atoms with Gasteiger partial charge in [0.1, 0.15) is 0 Å². The van der Waals surface area contributed by atoms with Gasteiger partial charge in [-0.05, 0) is 24.3 Å². The standard InChI is InChI=1S/C14H9F5N2O2S/c15-10-5-9(6-11(16)12(10)22)21(24)13(23)20-8-3-1-7(2-4-8)14(17,18)19/h1-6,22,24H,(H,20,23). The Morgan fingerprint density at radius 1 is 1.08 bits per heavy atom. The van der Waals surface area contributed by atoms with Crippen molar-refractivity contribution in [3.05, 3.63) is 53.6 Å². The number of anilines is 2. The molecule has 0 aliphatic heterocycles. The lowest BCUT2D eigenvalue weighted by molar-refractivity contribution is -0.137.